The number of hydrogen-bond donors (Lipinski definition) is 1. The van der Waals surface area contributed by atoms with E-state index in [4.69, 9.17) is 33.0 Å². The van der Waals surface area contributed by atoms with Crippen LogP contribution in [0.15, 0.2) is 18.2 Å². The van der Waals surface area contributed by atoms with Crippen LogP contribution < -0.4 is 4.74 Å². The second kappa shape index (κ2) is 4.53. The van der Waals surface area contributed by atoms with Gasteiger partial charge in [0.2, 0.25) is 0 Å². The highest BCUT2D eigenvalue weighted by Crippen LogP contribution is 2.26. The highest BCUT2D eigenvalue weighted by atomic mass is 35.5. The van der Waals surface area contributed by atoms with E-state index >= 15 is 0 Å². The Morgan fingerprint density at radius 3 is 2.57 bits per heavy atom. The molecule has 0 saturated carbocycles. The third-order valence-corrected chi connectivity index (χ3v) is 2.29. The molecule has 1 aromatic carbocycles. The van der Waals surface area contributed by atoms with Gasteiger partial charge in [-0.15, -0.1) is 0 Å². The maximum absolute atomic E-state index is 10.5. The van der Waals surface area contributed by atoms with Gasteiger partial charge in [0.25, 0.3) is 0 Å². The van der Waals surface area contributed by atoms with Crippen LogP contribution in [0.25, 0.3) is 0 Å². The molecule has 1 aromatic rings. The molecular weight excluding hydrogens is 227 g/mol. The standard InChI is InChI=1S/C9H8Cl2O3/c1-5(9(12)13)14-6-2-3-7(10)8(11)4-6/h2-5H,1H3,(H,12,13). The molecule has 0 bridgehead atoms. The highest BCUT2D eigenvalue weighted by molar-refractivity contribution is 6.42. The van der Waals surface area contributed by atoms with E-state index < -0.39 is 12.1 Å². The van der Waals surface area contributed by atoms with Crippen LogP contribution in [0, 0.1) is 0 Å². The van der Waals surface area contributed by atoms with Gasteiger partial charge in [-0.2, -0.15) is 0 Å². The van der Waals surface area contributed by atoms with E-state index in [1.165, 1.54) is 13.0 Å². The molecule has 0 fully saturated rings. The molecule has 0 aliphatic carbocycles. The minimum atomic E-state index is -1.03. The van der Waals surface area contributed by atoms with Crippen molar-refractivity contribution in [1.29, 1.82) is 0 Å². The van der Waals surface area contributed by atoms with Crippen molar-refractivity contribution in [1.82, 2.24) is 0 Å². The second-order valence-corrected chi connectivity index (χ2v) is 3.49. The fourth-order valence-corrected chi connectivity index (χ4v) is 1.09. The van der Waals surface area contributed by atoms with Gasteiger partial charge in [0.1, 0.15) is 5.75 Å². The van der Waals surface area contributed by atoms with E-state index in [1.54, 1.807) is 12.1 Å². The number of hydrogen-bond acceptors (Lipinski definition) is 2. The number of aliphatic carboxylic acids is 1. The molecule has 0 amide bonds. The van der Waals surface area contributed by atoms with Crippen LogP contribution in [0.4, 0.5) is 0 Å². The van der Waals surface area contributed by atoms with Crippen LogP contribution in [0.5, 0.6) is 5.75 Å². The summed E-state index contributed by atoms with van der Waals surface area (Å²) in [6, 6.07) is 4.59. The van der Waals surface area contributed by atoms with Crippen LogP contribution in [0.2, 0.25) is 10.0 Å². The first kappa shape index (κ1) is 11.1. The van der Waals surface area contributed by atoms with Crippen molar-refractivity contribution < 1.29 is 14.6 Å². The predicted molar refractivity (Wildman–Crippen MR) is 54.2 cm³/mol. The molecule has 0 aliphatic heterocycles. The SMILES string of the molecule is CC(Oc1ccc(Cl)c(Cl)c1)C(=O)O. The number of halogens is 2. The number of rotatable bonds is 3. The topological polar surface area (TPSA) is 46.5 Å². The molecule has 3 nitrogen and oxygen atoms in total. The second-order valence-electron chi connectivity index (χ2n) is 2.67. The van der Waals surface area contributed by atoms with Gasteiger partial charge in [-0.3, -0.25) is 0 Å². The van der Waals surface area contributed by atoms with Crippen LogP contribution in [0.1, 0.15) is 6.92 Å². The summed E-state index contributed by atoms with van der Waals surface area (Å²) < 4.78 is 5.07. The summed E-state index contributed by atoms with van der Waals surface area (Å²) in [5.41, 5.74) is 0. The van der Waals surface area contributed by atoms with Crippen molar-refractivity contribution in [3.8, 4) is 5.75 Å². The molecule has 1 rings (SSSR count). The van der Waals surface area contributed by atoms with Gasteiger partial charge in [-0.05, 0) is 19.1 Å². The van der Waals surface area contributed by atoms with E-state index in [9.17, 15) is 4.79 Å². The predicted octanol–water partition coefficient (Wildman–Crippen LogP) is 2.85. The molecule has 5 heteroatoms. The average molecular weight is 235 g/mol. The van der Waals surface area contributed by atoms with Gasteiger partial charge in [0, 0.05) is 6.07 Å². The Kier molecular flexibility index (Phi) is 3.61. The summed E-state index contributed by atoms with van der Waals surface area (Å²) in [5.74, 6) is -0.648. The highest BCUT2D eigenvalue weighted by Gasteiger charge is 2.12. The van der Waals surface area contributed by atoms with Gasteiger partial charge >= 0.3 is 5.97 Å². The molecule has 1 N–H and O–H groups in total. The van der Waals surface area contributed by atoms with Crippen molar-refractivity contribution in [3.05, 3.63) is 28.2 Å². The largest absolute Gasteiger partial charge is 0.479 e. The Morgan fingerprint density at radius 1 is 1.43 bits per heavy atom. The molecule has 0 heterocycles. The fourth-order valence-electron chi connectivity index (χ4n) is 0.805. The van der Waals surface area contributed by atoms with E-state index in [1.807, 2.05) is 0 Å². The normalized spacial score (nSPS) is 12.2. The molecule has 1 unspecified atom stereocenters. The quantitative estimate of drug-likeness (QED) is 0.876. The first-order chi connectivity index (χ1) is 6.50. The van der Waals surface area contributed by atoms with Crippen LogP contribution in [-0.2, 0) is 4.79 Å². The fraction of sp³-hybridized carbons (Fsp3) is 0.222. The molecule has 76 valence electrons. The first-order valence-corrected chi connectivity index (χ1v) is 4.61. The van der Waals surface area contributed by atoms with E-state index in [-0.39, 0.29) is 0 Å². The number of carbonyl (C=O) groups is 1. The lowest BCUT2D eigenvalue weighted by Crippen LogP contribution is -2.22. The molecule has 0 radical (unpaired) electrons. The van der Waals surface area contributed by atoms with Crippen LogP contribution in [-0.4, -0.2) is 17.2 Å². The van der Waals surface area contributed by atoms with Gasteiger partial charge in [-0.25, -0.2) is 4.79 Å². The van der Waals surface area contributed by atoms with Crippen LogP contribution >= 0.6 is 23.2 Å². The first-order valence-electron chi connectivity index (χ1n) is 3.85. The molecule has 0 aliphatic rings. The minimum Gasteiger partial charge on any atom is -0.479 e. The van der Waals surface area contributed by atoms with Gasteiger partial charge < -0.3 is 9.84 Å². The lowest BCUT2D eigenvalue weighted by atomic mass is 10.3. The monoisotopic (exact) mass is 234 g/mol. The van der Waals surface area contributed by atoms with Crippen molar-refractivity contribution in [3.63, 3.8) is 0 Å². The summed E-state index contributed by atoms with van der Waals surface area (Å²) in [6.07, 6.45) is -0.910. The Balaban J connectivity index is 2.78. The molecule has 0 aromatic heterocycles. The molecule has 0 spiro atoms. The third-order valence-electron chi connectivity index (χ3n) is 1.55. The molecule has 1 atom stereocenters. The summed E-state index contributed by atoms with van der Waals surface area (Å²) in [6.45, 7) is 1.44. The summed E-state index contributed by atoms with van der Waals surface area (Å²) >= 11 is 11.4. The summed E-state index contributed by atoms with van der Waals surface area (Å²) in [4.78, 5) is 10.5. The Morgan fingerprint density at radius 2 is 2.07 bits per heavy atom. The molecule has 0 saturated heterocycles. The van der Waals surface area contributed by atoms with Crippen LogP contribution in [0.3, 0.4) is 0 Å². The number of carboxylic acid groups (broad SMARTS) is 1. The third kappa shape index (κ3) is 2.79. The lowest BCUT2D eigenvalue weighted by molar-refractivity contribution is -0.144. The number of ether oxygens (including phenoxy) is 1. The van der Waals surface area contributed by atoms with Crippen molar-refractivity contribution in [2.24, 2.45) is 0 Å². The Bertz CT molecular complexity index is 352. The van der Waals surface area contributed by atoms with Crippen molar-refractivity contribution in [2.45, 2.75) is 13.0 Å². The smallest absolute Gasteiger partial charge is 0.344 e. The zero-order chi connectivity index (χ0) is 10.7. The van der Waals surface area contributed by atoms with Crippen molar-refractivity contribution >= 4 is 29.2 Å². The average Bonchev–Trinajstić information content (AvgIpc) is 2.11. The van der Waals surface area contributed by atoms with Gasteiger partial charge in [-0.1, -0.05) is 23.2 Å². The zero-order valence-corrected chi connectivity index (χ0v) is 8.84. The Hall–Kier alpha value is -0.930. The number of carboxylic acids is 1. The zero-order valence-electron chi connectivity index (χ0n) is 7.33. The summed E-state index contributed by atoms with van der Waals surface area (Å²) in [5, 5.41) is 9.32. The minimum absolute atomic E-state index is 0.335. The number of benzene rings is 1. The van der Waals surface area contributed by atoms with Gasteiger partial charge in [0.15, 0.2) is 6.10 Å². The molecular formula is C9H8Cl2O3. The van der Waals surface area contributed by atoms with Crippen molar-refractivity contribution in [2.75, 3.05) is 0 Å². The van der Waals surface area contributed by atoms with Gasteiger partial charge in [0.05, 0.1) is 10.0 Å². The maximum atomic E-state index is 10.5. The summed E-state index contributed by atoms with van der Waals surface area (Å²) in [7, 11) is 0. The van der Waals surface area contributed by atoms with E-state index in [2.05, 4.69) is 0 Å². The van der Waals surface area contributed by atoms with E-state index in [0.29, 0.717) is 15.8 Å². The molecule has 14 heavy (non-hydrogen) atoms. The Labute approximate surface area is 91.2 Å². The maximum Gasteiger partial charge on any atom is 0.344 e. The lowest BCUT2D eigenvalue weighted by Gasteiger charge is -2.10. The van der Waals surface area contributed by atoms with E-state index in [0.717, 1.165) is 0 Å².